The van der Waals surface area contributed by atoms with Crippen LogP contribution in [-0.2, 0) is 11.8 Å². The molecule has 2 fully saturated rings. The van der Waals surface area contributed by atoms with E-state index in [0.29, 0.717) is 6.42 Å². The van der Waals surface area contributed by atoms with Crippen molar-refractivity contribution in [1.29, 1.82) is 0 Å². The van der Waals surface area contributed by atoms with Gasteiger partial charge in [-0.1, -0.05) is 0 Å². The topological polar surface area (TPSA) is 75.9 Å². The summed E-state index contributed by atoms with van der Waals surface area (Å²) in [7, 11) is 1.92. The minimum atomic E-state index is -0.158. The molecular weight excluding hydrogens is 304 g/mol. The number of aryl methyl sites for hydroxylation is 2. The summed E-state index contributed by atoms with van der Waals surface area (Å²) in [5.74, 6) is 1.26. The molecule has 2 saturated heterocycles. The zero-order chi connectivity index (χ0) is 16.7. The third kappa shape index (κ3) is 2.53. The lowest BCUT2D eigenvalue weighted by molar-refractivity contribution is -0.119. The molecule has 0 radical (unpaired) electrons. The van der Waals surface area contributed by atoms with E-state index in [2.05, 4.69) is 25.5 Å². The van der Waals surface area contributed by atoms with E-state index in [4.69, 9.17) is 0 Å². The number of aromatic nitrogens is 4. The van der Waals surface area contributed by atoms with Crippen LogP contribution in [0, 0.1) is 6.92 Å². The number of hydrogen-bond donors (Lipinski definition) is 1. The lowest BCUT2D eigenvalue weighted by Crippen LogP contribution is -2.53. The Kier molecular flexibility index (Phi) is 3.51. The van der Waals surface area contributed by atoms with Crippen LogP contribution in [-0.4, -0.2) is 44.5 Å². The second kappa shape index (κ2) is 5.58. The van der Waals surface area contributed by atoms with E-state index < -0.39 is 0 Å². The molecule has 0 unspecified atom stereocenters. The van der Waals surface area contributed by atoms with Crippen LogP contribution in [0.15, 0.2) is 24.5 Å². The number of anilines is 1. The molecule has 7 heteroatoms. The maximum absolute atomic E-state index is 12.1. The Morgan fingerprint density at radius 2 is 2.04 bits per heavy atom. The third-order valence-corrected chi connectivity index (χ3v) is 5.34. The molecule has 0 saturated carbocycles. The van der Waals surface area contributed by atoms with Gasteiger partial charge in [0.15, 0.2) is 5.82 Å². The Labute approximate surface area is 141 Å². The number of carbonyl (C=O) groups excluding carboxylic acids is 1. The van der Waals surface area contributed by atoms with Gasteiger partial charge in [-0.15, -0.1) is 5.10 Å². The van der Waals surface area contributed by atoms with Gasteiger partial charge in [0.1, 0.15) is 0 Å². The number of rotatable bonds is 2. The molecule has 0 aromatic carbocycles. The minimum absolute atomic E-state index is 0.146. The number of carbonyl (C=O) groups is 1. The van der Waals surface area contributed by atoms with Crippen molar-refractivity contribution in [1.82, 2.24) is 25.3 Å². The lowest BCUT2D eigenvalue weighted by Gasteiger charge is -2.42. The van der Waals surface area contributed by atoms with Crippen LogP contribution in [0.5, 0.6) is 0 Å². The zero-order valence-electron chi connectivity index (χ0n) is 14.1. The van der Waals surface area contributed by atoms with Crippen molar-refractivity contribution in [2.45, 2.75) is 37.6 Å². The summed E-state index contributed by atoms with van der Waals surface area (Å²) in [4.78, 5) is 14.4. The first-order chi connectivity index (χ1) is 11.6. The predicted octanol–water partition coefficient (Wildman–Crippen LogP) is 1.16. The molecule has 2 aromatic heterocycles. The quantitative estimate of drug-likeness (QED) is 0.896. The summed E-state index contributed by atoms with van der Waals surface area (Å²) in [6, 6.07) is 4.01. The van der Waals surface area contributed by atoms with Crippen molar-refractivity contribution in [2.24, 2.45) is 7.05 Å². The van der Waals surface area contributed by atoms with Crippen molar-refractivity contribution < 1.29 is 4.79 Å². The highest BCUT2D eigenvalue weighted by Gasteiger charge is 2.49. The average Bonchev–Trinajstić information content (AvgIpc) is 3.13. The van der Waals surface area contributed by atoms with Gasteiger partial charge >= 0.3 is 0 Å². The molecule has 2 aliphatic rings. The van der Waals surface area contributed by atoms with Gasteiger partial charge in [0.25, 0.3) is 0 Å². The normalized spacial score (nSPS) is 22.8. The fraction of sp³-hybridized carbons (Fsp3) is 0.529. The van der Waals surface area contributed by atoms with Gasteiger partial charge in [0.05, 0.1) is 17.4 Å². The molecule has 1 spiro atoms. The monoisotopic (exact) mass is 326 g/mol. The van der Waals surface area contributed by atoms with Crippen LogP contribution in [0.4, 0.5) is 5.82 Å². The van der Waals surface area contributed by atoms with E-state index >= 15 is 0 Å². The standard InChI is InChI=1S/C17H22N6O/c1-12-3-4-15(21-20-12)23-7-5-17(6-8-23)14(9-16(24)19-17)13-10-18-22(2)11-13/h3-4,10-11,14H,5-9H2,1-2H3,(H,19,24)/t14-/m0/s1. The van der Waals surface area contributed by atoms with Crippen LogP contribution < -0.4 is 10.2 Å². The van der Waals surface area contributed by atoms with Gasteiger partial charge in [-0.25, -0.2) is 0 Å². The molecule has 4 heterocycles. The number of piperidine rings is 1. The van der Waals surface area contributed by atoms with E-state index in [9.17, 15) is 4.79 Å². The van der Waals surface area contributed by atoms with Gasteiger partial charge in [0.2, 0.25) is 5.91 Å². The Bertz CT molecular complexity index is 745. The van der Waals surface area contributed by atoms with Crippen molar-refractivity contribution >= 4 is 11.7 Å². The van der Waals surface area contributed by atoms with Gasteiger partial charge in [-0.05, 0) is 37.5 Å². The average molecular weight is 326 g/mol. The van der Waals surface area contributed by atoms with Crippen molar-refractivity contribution in [3.63, 3.8) is 0 Å². The molecule has 2 aliphatic heterocycles. The summed E-state index contributed by atoms with van der Waals surface area (Å²) in [6.07, 6.45) is 6.30. The highest BCUT2D eigenvalue weighted by Crippen LogP contribution is 2.43. The minimum Gasteiger partial charge on any atom is -0.355 e. The zero-order valence-corrected chi connectivity index (χ0v) is 14.1. The number of hydrogen-bond acceptors (Lipinski definition) is 5. The van der Waals surface area contributed by atoms with E-state index in [1.165, 1.54) is 0 Å². The third-order valence-electron chi connectivity index (χ3n) is 5.34. The molecule has 0 aliphatic carbocycles. The predicted molar refractivity (Wildman–Crippen MR) is 89.7 cm³/mol. The molecule has 4 rings (SSSR count). The van der Waals surface area contributed by atoms with E-state index in [1.54, 1.807) is 0 Å². The van der Waals surface area contributed by atoms with Gasteiger partial charge < -0.3 is 10.2 Å². The molecule has 7 nitrogen and oxygen atoms in total. The Balaban J connectivity index is 1.54. The molecule has 2 aromatic rings. The molecular formula is C17H22N6O. The molecule has 1 atom stereocenters. The summed E-state index contributed by atoms with van der Waals surface area (Å²) < 4.78 is 1.81. The fourth-order valence-electron chi connectivity index (χ4n) is 4.02. The smallest absolute Gasteiger partial charge is 0.221 e. The molecule has 24 heavy (non-hydrogen) atoms. The summed E-state index contributed by atoms with van der Waals surface area (Å²) in [6.45, 7) is 3.68. The largest absolute Gasteiger partial charge is 0.355 e. The highest BCUT2D eigenvalue weighted by molar-refractivity contribution is 5.81. The second-order valence-corrected chi connectivity index (χ2v) is 6.93. The first kappa shape index (κ1) is 15.1. The number of amides is 1. The van der Waals surface area contributed by atoms with Crippen molar-refractivity contribution in [2.75, 3.05) is 18.0 Å². The van der Waals surface area contributed by atoms with Gasteiger partial charge in [-0.2, -0.15) is 10.2 Å². The summed E-state index contributed by atoms with van der Waals surface area (Å²) in [5, 5.41) is 16.0. The summed E-state index contributed by atoms with van der Waals surface area (Å²) >= 11 is 0. The Morgan fingerprint density at radius 1 is 1.25 bits per heavy atom. The maximum Gasteiger partial charge on any atom is 0.221 e. The number of nitrogens with one attached hydrogen (secondary N) is 1. The molecule has 1 N–H and O–H groups in total. The first-order valence-electron chi connectivity index (χ1n) is 8.41. The second-order valence-electron chi connectivity index (χ2n) is 6.93. The van der Waals surface area contributed by atoms with Gasteiger partial charge in [0, 0.05) is 38.7 Å². The first-order valence-corrected chi connectivity index (χ1v) is 8.41. The van der Waals surface area contributed by atoms with Crippen LogP contribution in [0.1, 0.15) is 36.4 Å². The number of nitrogens with zero attached hydrogens (tertiary/aromatic N) is 5. The van der Waals surface area contributed by atoms with Crippen LogP contribution >= 0.6 is 0 Å². The van der Waals surface area contributed by atoms with E-state index in [-0.39, 0.29) is 17.4 Å². The van der Waals surface area contributed by atoms with Gasteiger partial charge in [-0.3, -0.25) is 9.48 Å². The van der Waals surface area contributed by atoms with E-state index in [0.717, 1.165) is 43.0 Å². The van der Waals surface area contributed by atoms with Crippen LogP contribution in [0.25, 0.3) is 0 Å². The van der Waals surface area contributed by atoms with Crippen molar-refractivity contribution in [3.8, 4) is 0 Å². The molecule has 0 bridgehead atoms. The SMILES string of the molecule is Cc1ccc(N2CCC3(CC2)NC(=O)C[C@H]3c2cnn(C)c2)nn1. The van der Waals surface area contributed by atoms with Crippen LogP contribution in [0.3, 0.4) is 0 Å². The Hall–Kier alpha value is -2.44. The van der Waals surface area contributed by atoms with E-state index in [1.807, 2.05) is 43.2 Å². The highest BCUT2D eigenvalue weighted by atomic mass is 16.2. The summed E-state index contributed by atoms with van der Waals surface area (Å²) in [5.41, 5.74) is 1.92. The lowest BCUT2D eigenvalue weighted by atomic mass is 9.75. The van der Waals surface area contributed by atoms with Crippen molar-refractivity contribution in [3.05, 3.63) is 35.8 Å². The maximum atomic E-state index is 12.1. The molecule has 126 valence electrons. The van der Waals surface area contributed by atoms with Crippen LogP contribution in [0.2, 0.25) is 0 Å². The fourth-order valence-corrected chi connectivity index (χ4v) is 4.02. The molecule has 1 amide bonds. The Morgan fingerprint density at radius 3 is 2.67 bits per heavy atom.